The number of hydrogen-bond acceptors (Lipinski definition) is 4. The number of rotatable bonds is 11. The highest BCUT2D eigenvalue weighted by Gasteiger charge is 2.32. The van der Waals surface area contributed by atoms with Crippen molar-refractivity contribution in [3.8, 4) is 0 Å². The van der Waals surface area contributed by atoms with E-state index in [-0.39, 0.29) is 25.0 Å². The van der Waals surface area contributed by atoms with E-state index >= 15 is 0 Å². The Kier molecular flexibility index (Phi) is 9.67. The fourth-order valence-corrected chi connectivity index (χ4v) is 4.64. The van der Waals surface area contributed by atoms with E-state index in [0.717, 1.165) is 33.7 Å². The maximum atomic E-state index is 13.7. The van der Waals surface area contributed by atoms with E-state index in [0.29, 0.717) is 12.1 Å². The van der Waals surface area contributed by atoms with Crippen molar-refractivity contribution in [1.29, 1.82) is 0 Å². The summed E-state index contributed by atoms with van der Waals surface area (Å²) in [7, 11) is -3.75. The second kappa shape index (κ2) is 12.0. The molecule has 2 rings (SSSR count). The third-order valence-corrected chi connectivity index (χ3v) is 7.23. The van der Waals surface area contributed by atoms with Crippen molar-refractivity contribution >= 4 is 27.5 Å². The van der Waals surface area contributed by atoms with Gasteiger partial charge in [0.05, 0.1) is 11.9 Å². The lowest BCUT2D eigenvalue weighted by molar-refractivity contribution is -0.140. The number of carbonyl (C=O) groups is 2. The van der Waals surface area contributed by atoms with Crippen LogP contribution in [0.3, 0.4) is 0 Å². The highest BCUT2D eigenvalue weighted by Crippen LogP contribution is 2.25. The van der Waals surface area contributed by atoms with Gasteiger partial charge in [-0.2, -0.15) is 0 Å². The molecule has 2 atom stereocenters. The number of carbonyl (C=O) groups excluding carboxylic acids is 2. The van der Waals surface area contributed by atoms with Crippen molar-refractivity contribution in [3.05, 3.63) is 65.2 Å². The molecule has 0 radical (unpaired) electrons. The topological polar surface area (TPSA) is 86.8 Å². The predicted molar refractivity (Wildman–Crippen MR) is 137 cm³/mol. The molecule has 34 heavy (non-hydrogen) atoms. The van der Waals surface area contributed by atoms with E-state index in [1.54, 1.807) is 12.1 Å². The van der Waals surface area contributed by atoms with Crippen molar-refractivity contribution in [2.24, 2.45) is 0 Å². The Bertz CT molecular complexity index is 1090. The van der Waals surface area contributed by atoms with Crippen LogP contribution in [0.2, 0.25) is 0 Å². The van der Waals surface area contributed by atoms with Crippen molar-refractivity contribution in [2.45, 2.75) is 66.1 Å². The van der Waals surface area contributed by atoms with Gasteiger partial charge >= 0.3 is 0 Å². The molecule has 2 amide bonds. The Balaban J connectivity index is 2.46. The van der Waals surface area contributed by atoms with Gasteiger partial charge < -0.3 is 10.2 Å². The van der Waals surface area contributed by atoms with E-state index in [9.17, 15) is 18.0 Å². The Labute approximate surface area is 204 Å². The molecule has 0 bridgehead atoms. The standard InChI is InChI=1S/C26H37N3O4S/c1-7-20(4)27-26(31)23(8-2)28(17-22-14-10-9-11-15-22)25(30)18-29(34(6,32)33)24-16-12-13-19(3)21(24)5/h9-16,20,23H,7-8,17-18H2,1-6H3,(H,27,31)/t20-,23-/m0/s1. The first kappa shape index (κ1) is 27.4. The van der Waals surface area contributed by atoms with Crippen LogP contribution in [0.4, 0.5) is 5.69 Å². The fraction of sp³-hybridized carbons (Fsp3) is 0.462. The van der Waals surface area contributed by atoms with Gasteiger partial charge in [-0.3, -0.25) is 13.9 Å². The molecule has 7 nitrogen and oxygen atoms in total. The first-order valence-electron chi connectivity index (χ1n) is 11.7. The summed E-state index contributed by atoms with van der Waals surface area (Å²) in [5.74, 6) is -0.667. The molecule has 0 saturated carbocycles. The molecule has 0 aliphatic heterocycles. The van der Waals surface area contributed by atoms with Crippen LogP contribution in [0.5, 0.6) is 0 Å². The minimum Gasteiger partial charge on any atom is -0.352 e. The lowest BCUT2D eigenvalue weighted by atomic mass is 10.1. The predicted octanol–water partition coefficient (Wildman–Crippen LogP) is 3.79. The fourth-order valence-electron chi connectivity index (χ4n) is 3.74. The third kappa shape index (κ3) is 7.06. The summed E-state index contributed by atoms with van der Waals surface area (Å²) in [5, 5.41) is 2.97. The van der Waals surface area contributed by atoms with Gasteiger partial charge in [-0.1, -0.05) is 56.3 Å². The zero-order valence-corrected chi connectivity index (χ0v) is 21.9. The highest BCUT2D eigenvalue weighted by atomic mass is 32.2. The molecule has 8 heteroatoms. The second-order valence-corrected chi connectivity index (χ2v) is 10.6. The van der Waals surface area contributed by atoms with Crippen LogP contribution in [0.1, 0.15) is 50.3 Å². The molecule has 0 fully saturated rings. The summed E-state index contributed by atoms with van der Waals surface area (Å²) in [6.45, 7) is 9.30. The Morgan fingerprint density at radius 2 is 1.62 bits per heavy atom. The van der Waals surface area contributed by atoms with Crippen LogP contribution < -0.4 is 9.62 Å². The summed E-state index contributed by atoms with van der Waals surface area (Å²) in [6.07, 6.45) is 2.27. The molecule has 0 aliphatic carbocycles. The van der Waals surface area contributed by atoms with Gasteiger partial charge in [0.2, 0.25) is 21.8 Å². The minimum absolute atomic E-state index is 0.0299. The van der Waals surface area contributed by atoms with Crippen molar-refractivity contribution in [3.63, 3.8) is 0 Å². The van der Waals surface area contributed by atoms with Gasteiger partial charge in [0.1, 0.15) is 12.6 Å². The highest BCUT2D eigenvalue weighted by molar-refractivity contribution is 7.92. The average molecular weight is 488 g/mol. The first-order valence-corrected chi connectivity index (χ1v) is 13.5. The van der Waals surface area contributed by atoms with E-state index < -0.39 is 22.0 Å². The zero-order chi connectivity index (χ0) is 25.5. The number of nitrogens with zero attached hydrogens (tertiary/aromatic N) is 2. The van der Waals surface area contributed by atoms with Crippen LogP contribution in [-0.4, -0.2) is 50.0 Å². The van der Waals surface area contributed by atoms with Crippen molar-refractivity contribution in [1.82, 2.24) is 10.2 Å². The van der Waals surface area contributed by atoms with Crippen LogP contribution in [0.15, 0.2) is 48.5 Å². The molecule has 1 N–H and O–H groups in total. The lowest BCUT2D eigenvalue weighted by Gasteiger charge is -2.33. The number of benzene rings is 2. The van der Waals surface area contributed by atoms with Crippen molar-refractivity contribution in [2.75, 3.05) is 17.1 Å². The average Bonchev–Trinajstić information content (AvgIpc) is 2.79. The van der Waals surface area contributed by atoms with Crippen LogP contribution >= 0.6 is 0 Å². The van der Waals surface area contributed by atoms with Gasteiger partial charge in [-0.25, -0.2) is 8.42 Å². The maximum Gasteiger partial charge on any atom is 0.244 e. The van der Waals surface area contributed by atoms with E-state index in [2.05, 4.69) is 5.32 Å². The summed E-state index contributed by atoms with van der Waals surface area (Å²) in [4.78, 5) is 28.3. The van der Waals surface area contributed by atoms with Gasteiger partial charge in [-0.05, 0) is 56.4 Å². The van der Waals surface area contributed by atoms with Crippen LogP contribution in [0.25, 0.3) is 0 Å². The smallest absolute Gasteiger partial charge is 0.244 e. The maximum absolute atomic E-state index is 13.7. The zero-order valence-electron chi connectivity index (χ0n) is 21.0. The van der Waals surface area contributed by atoms with E-state index in [4.69, 9.17) is 0 Å². The Hall–Kier alpha value is -2.87. The molecular formula is C26H37N3O4S. The van der Waals surface area contributed by atoms with Gasteiger partial charge in [0.15, 0.2) is 0 Å². The third-order valence-electron chi connectivity index (χ3n) is 6.11. The van der Waals surface area contributed by atoms with Crippen LogP contribution in [0, 0.1) is 13.8 Å². The number of amides is 2. The molecule has 0 aromatic heterocycles. The summed E-state index contributed by atoms with van der Waals surface area (Å²) >= 11 is 0. The van der Waals surface area contributed by atoms with E-state index in [1.807, 2.05) is 71.0 Å². The molecule has 0 spiro atoms. The minimum atomic E-state index is -3.75. The molecule has 0 heterocycles. The number of nitrogens with one attached hydrogen (secondary N) is 1. The number of sulfonamides is 1. The second-order valence-electron chi connectivity index (χ2n) is 8.74. The number of anilines is 1. The SMILES string of the molecule is CC[C@H](C)NC(=O)[C@H](CC)N(Cc1ccccc1)C(=O)CN(c1cccc(C)c1C)S(C)(=O)=O. The molecule has 2 aromatic carbocycles. The monoisotopic (exact) mass is 487 g/mol. The molecule has 0 unspecified atom stereocenters. The quantitative estimate of drug-likeness (QED) is 0.522. The Morgan fingerprint density at radius 3 is 2.18 bits per heavy atom. The molecular weight excluding hydrogens is 450 g/mol. The number of aryl methyl sites for hydroxylation is 1. The molecule has 2 aromatic rings. The number of hydrogen-bond donors (Lipinski definition) is 1. The summed E-state index contributed by atoms with van der Waals surface area (Å²) in [6, 6.07) is 14.0. The molecule has 186 valence electrons. The summed E-state index contributed by atoms with van der Waals surface area (Å²) in [5.41, 5.74) is 3.05. The molecule has 0 aliphatic rings. The van der Waals surface area contributed by atoms with E-state index in [1.165, 1.54) is 4.90 Å². The normalized spacial score (nSPS) is 13.1. The van der Waals surface area contributed by atoms with Crippen LogP contribution in [-0.2, 0) is 26.2 Å². The first-order chi connectivity index (χ1) is 16.0. The summed E-state index contributed by atoms with van der Waals surface area (Å²) < 4.78 is 26.6. The lowest BCUT2D eigenvalue weighted by Crippen LogP contribution is -2.53. The van der Waals surface area contributed by atoms with Gasteiger partial charge in [0.25, 0.3) is 0 Å². The largest absolute Gasteiger partial charge is 0.352 e. The Morgan fingerprint density at radius 1 is 0.971 bits per heavy atom. The van der Waals surface area contributed by atoms with Crippen molar-refractivity contribution < 1.29 is 18.0 Å². The molecule has 0 saturated heterocycles. The van der Waals surface area contributed by atoms with Gasteiger partial charge in [0, 0.05) is 12.6 Å². The van der Waals surface area contributed by atoms with Gasteiger partial charge in [-0.15, -0.1) is 0 Å².